The Morgan fingerprint density at radius 2 is 2.00 bits per heavy atom. The van der Waals surface area contributed by atoms with Gasteiger partial charge >= 0.3 is 0 Å². The Bertz CT molecular complexity index is 316. The first-order chi connectivity index (χ1) is 9.25. The van der Waals surface area contributed by atoms with E-state index in [1.807, 2.05) is 4.90 Å². The van der Waals surface area contributed by atoms with Crippen LogP contribution in [0, 0.1) is 0 Å². The molecule has 1 unspecified atom stereocenters. The lowest BCUT2D eigenvalue weighted by Crippen LogP contribution is -2.46. The summed E-state index contributed by atoms with van der Waals surface area (Å²) in [7, 11) is 0. The van der Waals surface area contributed by atoms with Crippen LogP contribution in [0.15, 0.2) is 0 Å². The van der Waals surface area contributed by atoms with Gasteiger partial charge in [-0.1, -0.05) is 0 Å². The molecule has 0 aromatic heterocycles. The second-order valence-corrected chi connectivity index (χ2v) is 5.15. The molecular weight excluding hydrogens is 282 g/mol. The van der Waals surface area contributed by atoms with E-state index in [2.05, 4.69) is 10.6 Å². The molecule has 0 spiro atoms. The van der Waals surface area contributed by atoms with E-state index >= 15 is 0 Å². The predicted octanol–water partition coefficient (Wildman–Crippen LogP) is -0.0846. The number of carbonyl (C=O) groups excluding carboxylic acids is 2. The maximum atomic E-state index is 11.9. The molecule has 2 amide bonds. The third-order valence-corrected chi connectivity index (χ3v) is 3.58. The standard InChI is InChI=1S/C13H23N3O3.ClH/c17-12(8-11-10-19-7-4-14-11)15-9-13(18)16-5-2-1-3-6-16;/h11,14H,1-10H2,(H,15,17);1H. The molecule has 0 saturated carbocycles. The number of nitrogens with one attached hydrogen (secondary N) is 2. The van der Waals surface area contributed by atoms with Crippen LogP contribution in [0.3, 0.4) is 0 Å². The largest absolute Gasteiger partial charge is 0.378 e. The van der Waals surface area contributed by atoms with Crippen molar-refractivity contribution < 1.29 is 14.3 Å². The van der Waals surface area contributed by atoms with Crippen LogP contribution in [0.25, 0.3) is 0 Å². The third kappa shape index (κ3) is 5.64. The van der Waals surface area contributed by atoms with Crippen molar-refractivity contribution in [2.75, 3.05) is 39.4 Å². The van der Waals surface area contributed by atoms with Gasteiger partial charge in [-0.05, 0) is 19.3 Å². The molecule has 0 bridgehead atoms. The highest BCUT2D eigenvalue weighted by molar-refractivity contribution is 5.85. The molecule has 2 saturated heterocycles. The van der Waals surface area contributed by atoms with Crippen molar-refractivity contribution in [2.24, 2.45) is 0 Å². The van der Waals surface area contributed by atoms with Crippen molar-refractivity contribution in [1.29, 1.82) is 0 Å². The monoisotopic (exact) mass is 305 g/mol. The van der Waals surface area contributed by atoms with Crippen LogP contribution in [0.1, 0.15) is 25.7 Å². The van der Waals surface area contributed by atoms with Crippen LogP contribution in [-0.4, -0.2) is 62.1 Å². The number of hydrogen-bond acceptors (Lipinski definition) is 4. The normalized spacial score (nSPS) is 22.8. The molecule has 2 heterocycles. The Morgan fingerprint density at radius 3 is 2.65 bits per heavy atom. The number of amides is 2. The van der Waals surface area contributed by atoms with Gasteiger partial charge in [0.2, 0.25) is 11.8 Å². The Labute approximate surface area is 126 Å². The molecule has 20 heavy (non-hydrogen) atoms. The fraction of sp³-hybridized carbons (Fsp3) is 0.846. The van der Waals surface area contributed by atoms with Crippen molar-refractivity contribution in [3.05, 3.63) is 0 Å². The van der Waals surface area contributed by atoms with Gasteiger partial charge in [0.05, 0.1) is 19.8 Å². The van der Waals surface area contributed by atoms with Gasteiger partial charge in [0.25, 0.3) is 0 Å². The summed E-state index contributed by atoms with van der Waals surface area (Å²) in [6.45, 7) is 3.82. The van der Waals surface area contributed by atoms with Crippen LogP contribution < -0.4 is 10.6 Å². The number of rotatable bonds is 4. The molecule has 1 atom stereocenters. The lowest BCUT2D eigenvalue weighted by molar-refractivity contribution is -0.133. The first-order valence-electron chi connectivity index (χ1n) is 7.11. The maximum Gasteiger partial charge on any atom is 0.241 e. The van der Waals surface area contributed by atoms with Gasteiger partial charge in [-0.3, -0.25) is 9.59 Å². The summed E-state index contributed by atoms with van der Waals surface area (Å²) >= 11 is 0. The van der Waals surface area contributed by atoms with Crippen LogP contribution in [0.4, 0.5) is 0 Å². The average Bonchev–Trinajstić information content (AvgIpc) is 2.47. The summed E-state index contributed by atoms with van der Waals surface area (Å²) in [6, 6.07) is 0.0684. The lowest BCUT2D eigenvalue weighted by atomic mass is 10.1. The lowest BCUT2D eigenvalue weighted by Gasteiger charge is -2.27. The molecule has 2 aliphatic rings. The number of ether oxygens (including phenoxy) is 1. The second-order valence-electron chi connectivity index (χ2n) is 5.15. The first-order valence-corrected chi connectivity index (χ1v) is 7.11. The van der Waals surface area contributed by atoms with Crippen LogP contribution in [0.2, 0.25) is 0 Å². The molecule has 0 aromatic rings. The first kappa shape index (κ1) is 17.2. The minimum Gasteiger partial charge on any atom is -0.378 e. The van der Waals surface area contributed by atoms with Gasteiger partial charge in [-0.25, -0.2) is 0 Å². The molecule has 116 valence electrons. The Balaban J connectivity index is 0.00000200. The van der Waals surface area contributed by atoms with Crippen LogP contribution in [0.5, 0.6) is 0 Å². The number of nitrogens with zero attached hydrogens (tertiary/aromatic N) is 1. The number of carbonyl (C=O) groups is 2. The van der Waals surface area contributed by atoms with Crippen molar-refractivity contribution >= 4 is 24.2 Å². The Hall–Kier alpha value is -0.850. The highest BCUT2D eigenvalue weighted by atomic mass is 35.5. The van der Waals surface area contributed by atoms with Crippen molar-refractivity contribution in [3.8, 4) is 0 Å². The van der Waals surface area contributed by atoms with E-state index < -0.39 is 0 Å². The fourth-order valence-electron chi connectivity index (χ4n) is 2.48. The zero-order valence-electron chi connectivity index (χ0n) is 11.7. The summed E-state index contributed by atoms with van der Waals surface area (Å²) in [4.78, 5) is 25.4. The number of morpholine rings is 1. The number of hydrogen-bond donors (Lipinski definition) is 2. The van der Waals surface area contributed by atoms with Crippen molar-refractivity contribution in [3.63, 3.8) is 0 Å². The molecule has 0 radical (unpaired) electrons. The van der Waals surface area contributed by atoms with Crippen molar-refractivity contribution in [2.45, 2.75) is 31.7 Å². The summed E-state index contributed by atoms with van der Waals surface area (Å²) in [5.41, 5.74) is 0. The van der Waals surface area contributed by atoms with E-state index in [0.29, 0.717) is 19.6 Å². The smallest absolute Gasteiger partial charge is 0.241 e. The van der Waals surface area contributed by atoms with Gasteiger partial charge in [0.15, 0.2) is 0 Å². The topological polar surface area (TPSA) is 70.7 Å². The zero-order chi connectivity index (χ0) is 13.5. The van der Waals surface area contributed by atoms with E-state index in [4.69, 9.17) is 4.74 Å². The Kier molecular flexibility index (Phi) is 7.87. The summed E-state index contributed by atoms with van der Waals surface area (Å²) in [6.07, 6.45) is 3.71. The Morgan fingerprint density at radius 1 is 1.25 bits per heavy atom. The van der Waals surface area contributed by atoms with E-state index in [1.54, 1.807) is 0 Å². The molecule has 2 aliphatic heterocycles. The molecule has 2 N–H and O–H groups in total. The zero-order valence-corrected chi connectivity index (χ0v) is 12.5. The fourth-order valence-corrected chi connectivity index (χ4v) is 2.48. The maximum absolute atomic E-state index is 11.9. The van der Waals surface area contributed by atoms with Gasteiger partial charge in [0, 0.05) is 32.1 Å². The third-order valence-electron chi connectivity index (χ3n) is 3.58. The van der Waals surface area contributed by atoms with Gasteiger partial charge < -0.3 is 20.3 Å². The molecule has 2 fully saturated rings. The molecule has 0 aromatic carbocycles. The number of piperidine rings is 1. The SMILES string of the molecule is Cl.O=C(CC1COCCN1)NCC(=O)N1CCCCC1. The van der Waals surface area contributed by atoms with Gasteiger partial charge in [-0.15, -0.1) is 12.4 Å². The van der Waals surface area contributed by atoms with Crippen LogP contribution in [-0.2, 0) is 14.3 Å². The van der Waals surface area contributed by atoms with E-state index in [-0.39, 0.29) is 36.8 Å². The summed E-state index contributed by atoms with van der Waals surface area (Å²) < 4.78 is 5.29. The molecule has 6 nitrogen and oxygen atoms in total. The quantitative estimate of drug-likeness (QED) is 0.762. The molecule has 2 rings (SSSR count). The van der Waals surface area contributed by atoms with Crippen molar-refractivity contribution in [1.82, 2.24) is 15.5 Å². The molecule has 0 aliphatic carbocycles. The minimum atomic E-state index is -0.0895. The van der Waals surface area contributed by atoms with E-state index in [1.165, 1.54) is 6.42 Å². The predicted molar refractivity (Wildman–Crippen MR) is 77.9 cm³/mol. The highest BCUT2D eigenvalue weighted by Gasteiger charge is 2.19. The van der Waals surface area contributed by atoms with Gasteiger partial charge in [-0.2, -0.15) is 0 Å². The summed E-state index contributed by atoms with van der Waals surface area (Å²) in [5.74, 6) is -0.0609. The minimum absolute atomic E-state index is 0. The summed E-state index contributed by atoms with van der Waals surface area (Å²) in [5, 5.41) is 5.92. The van der Waals surface area contributed by atoms with E-state index in [9.17, 15) is 9.59 Å². The van der Waals surface area contributed by atoms with Gasteiger partial charge in [0.1, 0.15) is 0 Å². The highest BCUT2D eigenvalue weighted by Crippen LogP contribution is 2.08. The average molecular weight is 306 g/mol. The molecular formula is C13H24ClN3O3. The van der Waals surface area contributed by atoms with Crippen LogP contribution >= 0.6 is 12.4 Å². The number of likely N-dealkylation sites (tertiary alicyclic amines) is 1. The number of halogens is 1. The van der Waals surface area contributed by atoms with E-state index in [0.717, 1.165) is 32.5 Å². The molecule has 7 heteroatoms. The second kappa shape index (κ2) is 9.15.